The minimum Gasteiger partial charge on any atom is -0.300 e. The Morgan fingerprint density at radius 3 is 1.75 bits per heavy atom. The maximum Gasteiger partial charge on any atom is 0.0110 e. The molecule has 0 spiro atoms. The first kappa shape index (κ1) is 2.21. The second-order valence-electron chi connectivity index (χ2n) is 1.12. The Labute approximate surface area is 26.2 Å². The number of hydrogen-bond donors (Lipinski definition) is 0. The fourth-order valence-electron chi connectivity index (χ4n) is 0.0707. The van der Waals surface area contributed by atoms with E-state index >= 15 is 0 Å². The monoisotopic (exact) mass is 56.1 g/mol. The molecule has 0 N–H and O–H groups in total. The smallest absolute Gasteiger partial charge is 0.0110 e. The van der Waals surface area contributed by atoms with Gasteiger partial charge in [-0.25, -0.2) is 0 Å². The zero-order chi connectivity index (χ0) is 2.99. The highest BCUT2D eigenvalue weighted by atomic mass is 15.2. The summed E-state index contributed by atoms with van der Waals surface area (Å²) in [6.45, 7) is 2.42. The summed E-state index contributed by atoms with van der Waals surface area (Å²) < 4.78 is 0. The predicted octanol–water partition coefficient (Wildman–Crippen LogP) is 0.0936. The lowest BCUT2D eigenvalue weighted by molar-refractivity contribution is 0.766. The van der Waals surface area contributed by atoms with Gasteiger partial charge in [0.1, 0.15) is 0 Å². The van der Waals surface area contributed by atoms with Crippen molar-refractivity contribution >= 4 is 0 Å². The summed E-state index contributed by atoms with van der Waals surface area (Å²) in [5.74, 6) is 0. The Kier molecular flexibility index (Phi) is 0.256. The van der Waals surface area contributed by atoms with Crippen LogP contribution in [0.25, 0.3) is 0 Å². The second-order valence-corrected chi connectivity index (χ2v) is 1.12. The van der Waals surface area contributed by atoms with Crippen molar-refractivity contribution in [3.63, 3.8) is 0 Å². The van der Waals surface area contributed by atoms with E-state index in [2.05, 4.69) is 7.05 Å². The minimum absolute atomic E-state index is 1.21. The molecule has 0 aliphatic carbocycles. The van der Waals surface area contributed by atoms with Crippen molar-refractivity contribution in [2.75, 3.05) is 13.1 Å². The molecule has 1 rings (SSSR count). The lowest BCUT2D eigenvalue weighted by Crippen LogP contribution is -1.69. The van der Waals surface area contributed by atoms with Crippen LogP contribution in [0.4, 0.5) is 0 Å². The molecule has 1 aliphatic rings. The van der Waals surface area contributed by atoms with E-state index < -0.39 is 0 Å². The lowest BCUT2D eigenvalue weighted by atomic mass is 11.0. The molecule has 1 nitrogen and oxygen atoms in total. The maximum absolute atomic E-state index is 3.58. The third kappa shape index (κ3) is 0.206. The van der Waals surface area contributed by atoms with Gasteiger partial charge in [0.15, 0.2) is 0 Å². The van der Waals surface area contributed by atoms with Crippen molar-refractivity contribution < 1.29 is 0 Å². The van der Waals surface area contributed by atoms with Crippen LogP contribution in [0.5, 0.6) is 0 Å². The molecule has 0 saturated carbocycles. The highest BCUT2D eigenvalue weighted by Crippen LogP contribution is 1.95. The van der Waals surface area contributed by atoms with E-state index in [1.807, 2.05) is 4.90 Å². The molecule has 0 bridgehead atoms. The van der Waals surface area contributed by atoms with Crippen LogP contribution < -0.4 is 0 Å². The first-order chi connectivity index (χ1) is 1.89. The minimum atomic E-state index is 1.21. The number of nitrogens with zero attached hydrogens (tertiary/aromatic N) is 1. The standard InChI is InChI=1S/C3H6N/c1-4-2-3-4/h1-3H2. The molecule has 0 aromatic carbocycles. The molecule has 23 valence electrons. The van der Waals surface area contributed by atoms with Crippen LogP contribution >= 0.6 is 0 Å². The molecule has 1 fully saturated rings. The molecule has 0 aromatic rings. The second kappa shape index (κ2) is 0.462. The molecule has 1 heterocycles. The number of rotatable bonds is 0. The van der Waals surface area contributed by atoms with Gasteiger partial charge in [-0.1, -0.05) is 0 Å². The van der Waals surface area contributed by atoms with Gasteiger partial charge in [0.25, 0.3) is 0 Å². The average molecular weight is 56.1 g/mol. The summed E-state index contributed by atoms with van der Waals surface area (Å²) in [7, 11) is 3.58. The third-order valence-electron chi connectivity index (χ3n) is 0.540. The van der Waals surface area contributed by atoms with Gasteiger partial charge in [0, 0.05) is 20.1 Å². The van der Waals surface area contributed by atoms with Gasteiger partial charge in [-0.15, -0.1) is 0 Å². The lowest BCUT2D eigenvalue weighted by Gasteiger charge is -1.65. The molecule has 1 heteroatoms. The molecule has 0 aromatic heterocycles. The average Bonchev–Trinajstić information content (AvgIpc) is 1.75. The fourth-order valence-corrected chi connectivity index (χ4v) is 0.0707. The van der Waals surface area contributed by atoms with E-state index in [-0.39, 0.29) is 0 Å². The SMILES string of the molecule is [CH2]N1CC1. The molecule has 0 unspecified atom stereocenters. The van der Waals surface area contributed by atoms with Gasteiger partial charge in [0.2, 0.25) is 0 Å². The van der Waals surface area contributed by atoms with E-state index in [1.54, 1.807) is 0 Å². The van der Waals surface area contributed by atoms with Gasteiger partial charge in [0.05, 0.1) is 0 Å². The topological polar surface area (TPSA) is 3.01 Å². The Balaban J connectivity index is 2.17. The Morgan fingerprint density at radius 1 is 1.50 bits per heavy atom. The summed E-state index contributed by atoms with van der Waals surface area (Å²) in [5, 5.41) is 0. The van der Waals surface area contributed by atoms with Crippen molar-refractivity contribution in [1.29, 1.82) is 0 Å². The van der Waals surface area contributed by atoms with Crippen LogP contribution in [0.1, 0.15) is 0 Å². The first-order valence-corrected chi connectivity index (χ1v) is 1.45. The third-order valence-corrected chi connectivity index (χ3v) is 0.540. The number of hydrogen-bond acceptors (Lipinski definition) is 1. The van der Waals surface area contributed by atoms with Gasteiger partial charge >= 0.3 is 0 Å². The zero-order valence-electron chi connectivity index (χ0n) is 2.57. The van der Waals surface area contributed by atoms with Crippen molar-refractivity contribution in [2.45, 2.75) is 0 Å². The Morgan fingerprint density at radius 2 is 1.75 bits per heavy atom. The van der Waals surface area contributed by atoms with Crippen molar-refractivity contribution in [3.05, 3.63) is 7.05 Å². The molecule has 0 amide bonds. The van der Waals surface area contributed by atoms with E-state index in [1.165, 1.54) is 13.1 Å². The van der Waals surface area contributed by atoms with Gasteiger partial charge in [-0.2, -0.15) is 0 Å². The van der Waals surface area contributed by atoms with E-state index in [4.69, 9.17) is 0 Å². The largest absolute Gasteiger partial charge is 0.300 e. The molecule has 4 heavy (non-hydrogen) atoms. The van der Waals surface area contributed by atoms with Crippen molar-refractivity contribution in [1.82, 2.24) is 4.90 Å². The van der Waals surface area contributed by atoms with Crippen LogP contribution in [-0.2, 0) is 0 Å². The normalized spacial score (nSPS) is 26.2. The van der Waals surface area contributed by atoms with E-state index in [0.717, 1.165) is 0 Å². The van der Waals surface area contributed by atoms with E-state index in [9.17, 15) is 0 Å². The maximum atomic E-state index is 3.58. The highest BCUT2D eigenvalue weighted by Gasteiger charge is 2.07. The van der Waals surface area contributed by atoms with Crippen LogP contribution in [0.2, 0.25) is 0 Å². The molecular weight excluding hydrogens is 50.0 g/mol. The van der Waals surface area contributed by atoms with Crippen LogP contribution in [0.3, 0.4) is 0 Å². The van der Waals surface area contributed by atoms with E-state index in [0.29, 0.717) is 0 Å². The first-order valence-electron chi connectivity index (χ1n) is 1.45. The van der Waals surface area contributed by atoms with Gasteiger partial charge < -0.3 is 0 Å². The summed E-state index contributed by atoms with van der Waals surface area (Å²) >= 11 is 0. The predicted molar refractivity (Wildman–Crippen MR) is 16.9 cm³/mol. The Hall–Kier alpha value is -0.0400. The summed E-state index contributed by atoms with van der Waals surface area (Å²) in [6, 6.07) is 0. The van der Waals surface area contributed by atoms with Crippen LogP contribution in [0, 0.1) is 7.05 Å². The molecule has 1 radical (unpaired) electrons. The van der Waals surface area contributed by atoms with Gasteiger partial charge in [-0.05, 0) is 0 Å². The molecular formula is C3H6N. The molecule has 1 saturated heterocycles. The Bertz CT molecular complexity index is 22.5. The summed E-state index contributed by atoms with van der Waals surface area (Å²) in [4.78, 5) is 2.00. The highest BCUT2D eigenvalue weighted by molar-refractivity contribution is 4.68. The molecule has 0 atom stereocenters. The summed E-state index contributed by atoms with van der Waals surface area (Å²) in [6.07, 6.45) is 0. The quantitative estimate of drug-likeness (QED) is 0.355. The van der Waals surface area contributed by atoms with Gasteiger partial charge in [-0.3, -0.25) is 4.90 Å². The molecule has 1 aliphatic heterocycles. The van der Waals surface area contributed by atoms with Crippen LogP contribution in [0.15, 0.2) is 0 Å². The van der Waals surface area contributed by atoms with Crippen molar-refractivity contribution in [3.8, 4) is 0 Å². The zero-order valence-corrected chi connectivity index (χ0v) is 2.57. The summed E-state index contributed by atoms with van der Waals surface area (Å²) in [5.41, 5.74) is 0. The van der Waals surface area contributed by atoms with Crippen molar-refractivity contribution in [2.24, 2.45) is 0 Å². The van der Waals surface area contributed by atoms with Crippen LogP contribution in [-0.4, -0.2) is 18.0 Å². The fraction of sp³-hybridized carbons (Fsp3) is 0.667.